The van der Waals surface area contributed by atoms with E-state index in [4.69, 9.17) is 16.3 Å². The first-order valence-corrected chi connectivity index (χ1v) is 10.7. The number of hydrogen-bond donors (Lipinski definition) is 1. The summed E-state index contributed by atoms with van der Waals surface area (Å²) >= 11 is 6.04. The van der Waals surface area contributed by atoms with E-state index < -0.39 is 0 Å². The monoisotopic (exact) mass is 445 g/mol. The third-order valence-electron chi connectivity index (χ3n) is 4.89. The van der Waals surface area contributed by atoms with Crippen molar-refractivity contribution in [2.24, 2.45) is 0 Å². The molecule has 0 spiro atoms. The van der Waals surface area contributed by atoms with Gasteiger partial charge in [-0.25, -0.2) is 19.9 Å². The average molecular weight is 446 g/mol. The molecule has 4 aromatic rings. The fraction of sp³-hybridized carbons (Fsp3) is 0.200. The van der Waals surface area contributed by atoms with Crippen LogP contribution in [0.3, 0.4) is 0 Å². The maximum Gasteiger partial charge on any atom is 0.322 e. The number of nitrogens with one attached hydrogen (secondary N) is 1. The van der Waals surface area contributed by atoms with Crippen molar-refractivity contribution in [2.75, 3.05) is 5.32 Å². The van der Waals surface area contributed by atoms with Gasteiger partial charge < -0.3 is 10.1 Å². The van der Waals surface area contributed by atoms with Crippen molar-refractivity contribution in [3.63, 3.8) is 0 Å². The molecule has 0 saturated heterocycles. The van der Waals surface area contributed by atoms with Gasteiger partial charge in [0, 0.05) is 45.8 Å². The van der Waals surface area contributed by atoms with Gasteiger partial charge in [-0.05, 0) is 63.6 Å². The molecule has 0 saturated carbocycles. The first-order chi connectivity index (χ1) is 15.4. The van der Waals surface area contributed by atoms with Crippen LogP contribution in [-0.4, -0.2) is 19.9 Å². The van der Waals surface area contributed by atoms with Crippen molar-refractivity contribution < 1.29 is 4.74 Å². The van der Waals surface area contributed by atoms with Gasteiger partial charge in [0.1, 0.15) is 17.4 Å². The molecule has 0 aliphatic rings. The number of hydrogen-bond acceptors (Lipinski definition) is 6. The van der Waals surface area contributed by atoms with E-state index in [-0.39, 0.29) is 0 Å². The minimum Gasteiger partial charge on any atom is -0.424 e. The number of benzene rings is 2. The van der Waals surface area contributed by atoms with Crippen molar-refractivity contribution in [2.45, 2.75) is 34.1 Å². The topological polar surface area (TPSA) is 72.8 Å². The molecule has 2 heterocycles. The molecule has 0 aliphatic carbocycles. The molecule has 0 amide bonds. The van der Waals surface area contributed by atoms with Crippen molar-refractivity contribution >= 4 is 23.1 Å². The second-order valence-corrected chi connectivity index (χ2v) is 8.11. The Balaban J connectivity index is 1.61. The van der Waals surface area contributed by atoms with Gasteiger partial charge >= 0.3 is 6.01 Å². The zero-order valence-corrected chi connectivity index (χ0v) is 19.2. The Labute approximate surface area is 192 Å². The second-order valence-electron chi connectivity index (χ2n) is 7.67. The zero-order valence-electron chi connectivity index (χ0n) is 18.5. The van der Waals surface area contributed by atoms with E-state index in [1.165, 1.54) is 0 Å². The lowest BCUT2D eigenvalue weighted by Gasteiger charge is -2.15. The fourth-order valence-electron chi connectivity index (χ4n) is 3.48. The standard InChI is InChI=1S/C25H24ClN5O/c1-15-12-16(2)28-25(27-15)32-22-7-5-6-21(14-22)31-24-23(17(3)29-18(4)30-24)13-19-8-10-20(26)11-9-19/h5-12,14H,13H2,1-4H3,(H,29,30,31). The first kappa shape index (κ1) is 21.7. The van der Waals surface area contributed by atoms with Gasteiger partial charge in [-0.15, -0.1) is 0 Å². The highest BCUT2D eigenvalue weighted by molar-refractivity contribution is 6.30. The van der Waals surface area contributed by atoms with E-state index in [1.807, 2.05) is 82.3 Å². The lowest BCUT2D eigenvalue weighted by Crippen LogP contribution is -2.06. The molecule has 0 fully saturated rings. The van der Waals surface area contributed by atoms with Crippen LogP contribution in [0.15, 0.2) is 54.6 Å². The Hall–Kier alpha value is -3.51. The predicted octanol–water partition coefficient (Wildman–Crippen LogP) is 6.28. The lowest BCUT2D eigenvalue weighted by molar-refractivity contribution is 0.439. The van der Waals surface area contributed by atoms with Gasteiger partial charge in [0.15, 0.2) is 0 Å². The first-order valence-electron chi connectivity index (χ1n) is 10.3. The number of aromatic nitrogens is 4. The van der Waals surface area contributed by atoms with Gasteiger partial charge in [-0.1, -0.05) is 29.8 Å². The molecule has 32 heavy (non-hydrogen) atoms. The van der Waals surface area contributed by atoms with E-state index in [1.54, 1.807) is 0 Å². The minimum atomic E-state index is 0.330. The molecule has 1 N–H and O–H groups in total. The number of anilines is 2. The highest BCUT2D eigenvalue weighted by Crippen LogP contribution is 2.28. The molecule has 0 radical (unpaired) electrons. The Morgan fingerprint density at radius 2 is 1.56 bits per heavy atom. The predicted molar refractivity (Wildman–Crippen MR) is 127 cm³/mol. The summed E-state index contributed by atoms with van der Waals surface area (Å²) in [5.74, 6) is 2.12. The zero-order chi connectivity index (χ0) is 22.7. The third-order valence-corrected chi connectivity index (χ3v) is 5.14. The van der Waals surface area contributed by atoms with Crippen molar-refractivity contribution in [1.82, 2.24) is 19.9 Å². The number of ether oxygens (including phenoxy) is 1. The summed E-state index contributed by atoms with van der Waals surface area (Å²) in [4.78, 5) is 17.9. The van der Waals surface area contributed by atoms with Crippen molar-refractivity contribution in [3.8, 4) is 11.8 Å². The van der Waals surface area contributed by atoms with E-state index in [0.717, 1.165) is 39.7 Å². The maximum atomic E-state index is 6.04. The Bertz CT molecular complexity index is 1240. The molecular formula is C25H24ClN5O. The van der Waals surface area contributed by atoms with Crippen LogP contribution < -0.4 is 10.1 Å². The van der Waals surface area contributed by atoms with Gasteiger partial charge in [0.25, 0.3) is 0 Å². The van der Waals surface area contributed by atoms with Crippen LogP contribution in [0.5, 0.6) is 11.8 Å². The van der Waals surface area contributed by atoms with Crippen LogP contribution in [0.2, 0.25) is 5.02 Å². The minimum absolute atomic E-state index is 0.330. The SMILES string of the molecule is Cc1cc(C)nc(Oc2cccc(Nc3nc(C)nc(C)c3Cc3ccc(Cl)cc3)c2)n1. The van der Waals surface area contributed by atoms with Gasteiger partial charge in [0.05, 0.1) is 0 Å². The summed E-state index contributed by atoms with van der Waals surface area (Å²) in [6.45, 7) is 7.73. The van der Waals surface area contributed by atoms with Crippen LogP contribution in [-0.2, 0) is 6.42 Å². The van der Waals surface area contributed by atoms with E-state index in [9.17, 15) is 0 Å². The fourth-order valence-corrected chi connectivity index (χ4v) is 3.60. The Kier molecular flexibility index (Phi) is 6.32. The van der Waals surface area contributed by atoms with Gasteiger partial charge in [0.2, 0.25) is 0 Å². The molecule has 0 unspecified atom stereocenters. The lowest BCUT2D eigenvalue weighted by atomic mass is 10.0. The van der Waals surface area contributed by atoms with E-state index in [0.29, 0.717) is 29.0 Å². The summed E-state index contributed by atoms with van der Waals surface area (Å²) in [5.41, 5.74) is 5.67. The van der Waals surface area contributed by atoms with Crippen LogP contribution in [0.25, 0.3) is 0 Å². The van der Waals surface area contributed by atoms with Gasteiger partial charge in [-0.3, -0.25) is 0 Å². The molecule has 2 aromatic heterocycles. The Morgan fingerprint density at radius 3 is 2.28 bits per heavy atom. The summed E-state index contributed by atoms with van der Waals surface area (Å²) in [7, 11) is 0. The smallest absolute Gasteiger partial charge is 0.322 e. The highest BCUT2D eigenvalue weighted by Gasteiger charge is 2.13. The Morgan fingerprint density at radius 1 is 0.844 bits per heavy atom. The summed E-state index contributed by atoms with van der Waals surface area (Å²) < 4.78 is 5.90. The third kappa shape index (κ3) is 5.39. The maximum absolute atomic E-state index is 6.04. The summed E-state index contributed by atoms with van der Waals surface area (Å²) in [5, 5.41) is 4.15. The molecule has 162 valence electrons. The summed E-state index contributed by atoms with van der Waals surface area (Å²) in [6, 6.07) is 17.7. The molecule has 0 aliphatic heterocycles. The molecular weight excluding hydrogens is 422 g/mol. The number of nitrogens with zero attached hydrogens (tertiary/aromatic N) is 4. The molecule has 0 bridgehead atoms. The van der Waals surface area contributed by atoms with Gasteiger partial charge in [-0.2, -0.15) is 0 Å². The molecule has 0 atom stereocenters. The molecule has 4 rings (SSSR count). The number of halogens is 1. The van der Waals surface area contributed by atoms with E-state index >= 15 is 0 Å². The van der Waals surface area contributed by atoms with Crippen molar-refractivity contribution in [1.29, 1.82) is 0 Å². The number of rotatable bonds is 6. The van der Waals surface area contributed by atoms with Crippen LogP contribution >= 0.6 is 11.6 Å². The van der Waals surface area contributed by atoms with Crippen LogP contribution in [0, 0.1) is 27.7 Å². The van der Waals surface area contributed by atoms with E-state index in [2.05, 4.69) is 25.3 Å². The largest absolute Gasteiger partial charge is 0.424 e. The van der Waals surface area contributed by atoms with Crippen LogP contribution in [0.4, 0.5) is 11.5 Å². The van der Waals surface area contributed by atoms with Crippen LogP contribution in [0.1, 0.15) is 34.0 Å². The number of aryl methyl sites for hydroxylation is 4. The molecule has 2 aromatic carbocycles. The average Bonchev–Trinajstić information content (AvgIpc) is 2.71. The normalized spacial score (nSPS) is 10.8. The summed E-state index contributed by atoms with van der Waals surface area (Å²) in [6.07, 6.45) is 0.693. The molecule has 7 heteroatoms. The van der Waals surface area contributed by atoms with Crippen molar-refractivity contribution in [3.05, 3.63) is 93.7 Å². The molecule has 6 nitrogen and oxygen atoms in total. The highest BCUT2D eigenvalue weighted by atomic mass is 35.5. The quantitative estimate of drug-likeness (QED) is 0.376. The second kappa shape index (κ2) is 9.32.